The lowest BCUT2D eigenvalue weighted by Gasteiger charge is -2.32. The lowest BCUT2D eigenvalue weighted by Crippen LogP contribution is -2.39. The summed E-state index contributed by atoms with van der Waals surface area (Å²) in [5.74, 6) is -1.30. The van der Waals surface area contributed by atoms with Crippen LogP contribution in [-0.2, 0) is 0 Å². The van der Waals surface area contributed by atoms with Gasteiger partial charge in [-0.3, -0.25) is 0 Å². The molecule has 1 saturated heterocycles. The molecule has 0 aliphatic carbocycles. The van der Waals surface area contributed by atoms with Crippen LogP contribution in [0.1, 0.15) is 19.3 Å². The number of ether oxygens (including phenoxy) is 1. The van der Waals surface area contributed by atoms with Crippen LogP contribution >= 0.6 is 0 Å². The first-order chi connectivity index (χ1) is 9.19. The third-order valence-electron chi connectivity index (χ3n) is 3.41. The molecular weight excluding hydrogens is 250 g/mol. The average Bonchev–Trinajstić information content (AvgIpc) is 2.42. The van der Waals surface area contributed by atoms with E-state index < -0.39 is 11.6 Å². The molecule has 1 aromatic carbocycles. The Labute approximate surface area is 112 Å². The molecule has 0 aromatic heterocycles. The van der Waals surface area contributed by atoms with Crippen molar-refractivity contribution in [2.75, 3.05) is 26.2 Å². The van der Waals surface area contributed by atoms with Gasteiger partial charge in [-0.25, -0.2) is 8.78 Å². The van der Waals surface area contributed by atoms with Crippen LogP contribution in [0.5, 0.6) is 5.75 Å². The van der Waals surface area contributed by atoms with Crippen LogP contribution in [0, 0.1) is 11.6 Å². The first-order valence-electron chi connectivity index (χ1n) is 6.73. The van der Waals surface area contributed by atoms with E-state index in [1.165, 1.54) is 6.07 Å². The maximum absolute atomic E-state index is 13.1. The van der Waals surface area contributed by atoms with Crippen LogP contribution in [0.3, 0.4) is 0 Å². The van der Waals surface area contributed by atoms with Crippen LogP contribution in [0.25, 0.3) is 0 Å². The highest BCUT2D eigenvalue weighted by molar-refractivity contribution is 5.23. The van der Waals surface area contributed by atoms with Gasteiger partial charge in [0.05, 0.1) is 0 Å². The van der Waals surface area contributed by atoms with Crippen molar-refractivity contribution in [3.8, 4) is 5.75 Å². The van der Waals surface area contributed by atoms with Crippen molar-refractivity contribution in [2.24, 2.45) is 5.73 Å². The highest BCUT2D eigenvalue weighted by Crippen LogP contribution is 2.21. The minimum absolute atomic E-state index is 0.0824. The van der Waals surface area contributed by atoms with Crippen molar-refractivity contribution in [2.45, 2.75) is 25.4 Å². The number of nitrogens with two attached hydrogens (primary N) is 1. The Morgan fingerprint density at radius 1 is 1.21 bits per heavy atom. The zero-order chi connectivity index (χ0) is 13.7. The summed E-state index contributed by atoms with van der Waals surface area (Å²) in [7, 11) is 0. The number of hydrogen-bond donors (Lipinski definition) is 1. The molecule has 19 heavy (non-hydrogen) atoms. The fourth-order valence-electron chi connectivity index (χ4n) is 2.31. The van der Waals surface area contributed by atoms with Crippen molar-refractivity contribution >= 4 is 0 Å². The van der Waals surface area contributed by atoms with E-state index in [1.807, 2.05) is 0 Å². The largest absolute Gasteiger partial charge is 0.490 e. The van der Waals surface area contributed by atoms with Crippen molar-refractivity contribution in [3.63, 3.8) is 0 Å². The van der Waals surface area contributed by atoms with Crippen LogP contribution < -0.4 is 10.5 Å². The van der Waals surface area contributed by atoms with Gasteiger partial charge in [0, 0.05) is 19.2 Å². The SMILES string of the molecule is NCCCN1CCC(Oc2ccc(F)c(F)c2)CC1. The fraction of sp³-hybridized carbons (Fsp3) is 0.571. The molecule has 3 nitrogen and oxygen atoms in total. The normalized spacial score (nSPS) is 17.6. The maximum Gasteiger partial charge on any atom is 0.162 e. The second-order valence-corrected chi connectivity index (χ2v) is 4.88. The third-order valence-corrected chi connectivity index (χ3v) is 3.41. The summed E-state index contributed by atoms with van der Waals surface area (Å²) in [6.45, 7) is 3.67. The predicted molar refractivity (Wildman–Crippen MR) is 70.1 cm³/mol. The van der Waals surface area contributed by atoms with E-state index in [-0.39, 0.29) is 6.10 Å². The number of halogens is 2. The molecule has 1 aliphatic heterocycles. The van der Waals surface area contributed by atoms with Crippen molar-refractivity contribution in [1.29, 1.82) is 0 Å². The number of rotatable bonds is 5. The molecule has 0 bridgehead atoms. The second kappa shape index (κ2) is 6.82. The van der Waals surface area contributed by atoms with Crippen molar-refractivity contribution in [1.82, 2.24) is 4.90 Å². The molecule has 1 fully saturated rings. The van der Waals surface area contributed by atoms with E-state index in [0.717, 1.165) is 51.0 Å². The number of benzene rings is 1. The highest BCUT2D eigenvalue weighted by Gasteiger charge is 2.20. The predicted octanol–water partition coefficient (Wildman–Crippen LogP) is 2.16. The summed E-state index contributed by atoms with van der Waals surface area (Å²) >= 11 is 0. The molecule has 0 unspecified atom stereocenters. The lowest BCUT2D eigenvalue weighted by molar-refractivity contribution is 0.0999. The number of piperidine rings is 1. The molecule has 1 heterocycles. The molecule has 0 saturated carbocycles. The summed E-state index contributed by atoms with van der Waals surface area (Å²) < 4.78 is 31.5. The Kier molecular flexibility index (Phi) is 5.10. The summed E-state index contributed by atoms with van der Waals surface area (Å²) in [5, 5.41) is 0. The van der Waals surface area contributed by atoms with Crippen LogP contribution in [-0.4, -0.2) is 37.2 Å². The molecule has 0 radical (unpaired) electrons. The molecule has 5 heteroatoms. The van der Waals surface area contributed by atoms with E-state index in [1.54, 1.807) is 0 Å². The van der Waals surface area contributed by atoms with E-state index >= 15 is 0 Å². The third kappa shape index (κ3) is 4.14. The zero-order valence-corrected chi connectivity index (χ0v) is 10.9. The summed E-state index contributed by atoms with van der Waals surface area (Å²) in [5.41, 5.74) is 5.48. The molecule has 1 aromatic rings. The summed E-state index contributed by atoms with van der Waals surface area (Å²) in [4.78, 5) is 2.36. The monoisotopic (exact) mass is 270 g/mol. The molecule has 1 aliphatic rings. The second-order valence-electron chi connectivity index (χ2n) is 4.88. The smallest absolute Gasteiger partial charge is 0.162 e. The Balaban J connectivity index is 1.80. The minimum atomic E-state index is -0.863. The van der Waals surface area contributed by atoms with Gasteiger partial charge in [0.1, 0.15) is 11.9 Å². The Morgan fingerprint density at radius 2 is 1.95 bits per heavy atom. The van der Waals surface area contributed by atoms with Gasteiger partial charge in [-0.1, -0.05) is 0 Å². The van der Waals surface area contributed by atoms with Crippen LogP contribution in [0.2, 0.25) is 0 Å². The lowest BCUT2D eigenvalue weighted by atomic mass is 10.1. The maximum atomic E-state index is 13.1. The van der Waals surface area contributed by atoms with Gasteiger partial charge in [0.2, 0.25) is 0 Å². The average molecular weight is 270 g/mol. The quantitative estimate of drug-likeness (QED) is 0.891. The summed E-state index contributed by atoms with van der Waals surface area (Å²) in [6, 6.07) is 3.68. The molecule has 106 valence electrons. The summed E-state index contributed by atoms with van der Waals surface area (Å²) in [6.07, 6.45) is 2.90. The molecule has 0 atom stereocenters. The van der Waals surface area contributed by atoms with Gasteiger partial charge in [0.15, 0.2) is 11.6 Å². The van der Waals surface area contributed by atoms with Gasteiger partial charge in [0.25, 0.3) is 0 Å². The molecule has 0 spiro atoms. The number of nitrogens with zero attached hydrogens (tertiary/aromatic N) is 1. The van der Waals surface area contributed by atoms with Gasteiger partial charge < -0.3 is 15.4 Å². The Bertz CT molecular complexity index is 406. The standard InChI is InChI=1S/C14H20F2N2O/c15-13-3-2-12(10-14(13)16)19-11-4-8-18(9-5-11)7-1-6-17/h2-3,10-11H,1,4-9,17H2. The van der Waals surface area contributed by atoms with E-state index in [0.29, 0.717) is 12.3 Å². The van der Waals surface area contributed by atoms with E-state index in [2.05, 4.69) is 4.90 Å². The molecular formula is C14H20F2N2O. The fourth-order valence-corrected chi connectivity index (χ4v) is 2.31. The van der Waals surface area contributed by atoms with Crippen molar-refractivity contribution < 1.29 is 13.5 Å². The van der Waals surface area contributed by atoms with Gasteiger partial charge in [-0.2, -0.15) is 0 Å². The minimum Gasteiger partial charge on any atom is -0.490 e. The first-order valence-corrected chi connectivity index (χ1v) is 6.73. The van der Waals surface area contributed by atoms with Crippen molar-refractivity contribution in [3.05, 3.63) is 29.8 Å². The number of likely N-dealkylation sites (tertiary alicyclic amines) is 1. The van der Waals surface area contributed by atoms with Crippen LogP contribution in [0.4, 0.5) is 8.78 Å². The van der Waals surface area contributed by atoms with E-state index in [4.69, 9.17) is 10.5 Å². The van der Waals surface area contributed by atoms with E-state index in [9.17, 15) is 8.78 Å². The highest BCUT2D eigenvalue weighted by atomic mass is 19.2. The first kappa shape index (κ1) is 14.2. The molecule has 2 N–H and O–H groups in total. The Morgan fingerprint density at radius 3 is 2.58 bits per heavy atom. The Hall–Kier alpha value is -1.20. The zero-order valence-electron chi connectivity index (χ0n) is 10.9. The molecule has 0 amide bonds. The topological polar surface area (TPSA) is 38.5 Å². The van der Waals surface area contributed by atoms with Gasteiger partial charge in [-0.05, 0) is 44.5 Å². The van der Waals surface area contributed by atoms with Gasteiger partial charge in [-0.15, -0.1) is 0 Å². The number of hydrogen-bond acceptors (Lipinski definition) is 3. The molecule has 2 rings (SSSR count). The van der Waals surface area contributed by atoms with Gasteiger partial charge >= 0.3 is 0 Å². The van der Waals surface area contributed by atoms with Crippen LogP contribution in [0.15, 0.2) is 18.2 Å².